The molecule has 4 heteroatoms. The lowest BCUT2D eigenvalue weighted by atomic mass is 10.0. The molecular weight excluding hydrogens is 228 g/mol. The van der Waals surface area contributed by atoms with Crippen LogP contribution in [0, 0.1) is 11.1 Å². The predicted molar refractivity (Wildman–Crippen MR) is 73.7 cm³/mol. The van der Waals surface area contributed by atoms with Crippen LogP contribution in [0.4, 0.5) is 0 Å². The van der Waals surface area contributed by atoms with Crippen LogP contribution in [0.25, 0.3) is 0 Å². The van der Waals surface area contributed by atoms with Crippen LogP contribution in [0.2, 0.25) is 0 Å². The molecule has 0 saturated carbocycles. The molecule has 0 radical (unpaired) electrons. The fourth-order valence-corrected chi connectivity index (χ4v) is 2.08. The molecule has 4 nitrogen and oxygen atoms in total. The molecule has 0 unspecified atom stereocenters. The van der Waals surface area contributed by atoms with Gasteiger partial charge in [-0.3, -0.25) is 0 Å². The SMILES string of the molecule is CC(C)CCCCCCCCCCC/[N+]([O-])=N/O. The lowest BCUT2D eigenvalue weighted by Gasteiger charge is -2.04. The van der Waals surface area contributed by atoms with E-state index in [0.29, 0.717) is 11.4 Å². The highest BCUT2D eigenvalue weighted by atomic mass is 16.6. The number of hydroxylamine groups is 1. The van der Waals surface area contributed by atoms with Gasteiger partial charge >= 0.3 is 0 Å². The Balaban J connectivity index is 3.03. The molecule has 0 aliphatic rings. The molecule has 0 saturated heterocycles. The summed E-state index contributed by atoms with van der Waals surface area (Å²) in [5.74, 6) is 0.844. The van der Waals surface area contributed by atoms with Crippen molar-refractivity contribution < 1.29 is 10.1 Å². The van der Waals surface area contributed by atoms with E-state index in [9.17, 15) is 5.21 Å². The average Bonchev–Trinajstić information content (AvgIpc) is 2.35. The third-order valence-electron chi connectivity index (χ3n) is 3.23. The number of hydrogen-bond acceptors (Lipinski definition) is 2. The number of hydrogen-bond donors (Lipinski definition) is 1. The molecule has 0 aromatic heterocycles. The number of unbranched alkanes of at least 4 members (excludes halogenated alkanes) is 8. The Morgan fingerprint density at radius 2 is 1.33 bits per heavy atom. The van der Waals surface area contributed by atoms with E-state index in [0.717, 1.165) is 18.8 Å². The van der Waals surface area contributed by atoms with E-state index in [4.69, 9.17) is 5.21 Å². The van der Waals surface area contributed by atoms with Crippen molar-refractivity contribution in [2.75, 3.05) is 6.54 Å². The fraction of sp³-hybridized carbons (Fsp3) is 1.00. The second-order valence-electron chi connectivity index (χ2n) is 5.53. The summed E-state index contributed by atoms with van der Waals surface area (Å²) in [4.78, 5) is 0.342. The minimum atomic E-state index is 0.311. The van der Waals surface area contributed by atoms with E-state index in [2.05, 4.69) is 19.1 Å². The quantitative estimate of drug-likeness (QED) is 0.234. The Morgan fingerprint density at radius 3 is 1.78 bits per heavy atom. The van der Waals surface area contributed by atoms with Crippen molar-refractivity contribution in [3.63, 3.8) is 0 Å². The number of nitrogens with zero attached hydrogens (tertiary/aromatic N) is 2. The van der Waals surface area contributed by atoms with Crippen LogP contribution in [0.1, 0.15) is 78.1 Å². The van der Waals surface area contributed by atoms with Crippen molar-refractivity contribution in [2.45, 2.75) is 78.1 Å². The molecule has 0 heterocycles. The van der Waals surface area contributed by atoms with Gasteiger partial charge in [-0.2, -0.15) is 0 Å². The normalized spacial score (nSPS) is 12.3. The summed E-state index contributed by atoms with van der Waals surface area (Å²) in [5.41, 5.74) is 0. The second-order valence-corrected chi connectivity index (χ2v) is 5.53. The van der Waals surface area contributed by atoms with Crippen molar-refractivity contribution in [3.8, 4) is 0 Å². The molecule has 108 valence electrons. The Morgan fingerprint density at radius 1 is 0.889 bits per heavy atom. The van der Waals surface area contributed by atoms with Gasteiger partial charge in [-0.25, -0.2) is 0 Å². The third-order valence-corrected chi connectivity index (χ3v) is 3.23. The Bertz CT molecular complexity index is 206. The monoisotopic (exact) mass is 258 g/mol. The van der Waals surface area contributed by atoms with Crippen molar-refractivity contribution in [2.24, 2.45) is 11.2 Å². The van der Waals surface area contributed by atoms with Gasteiger partial charge in [-0.1, -0.05) is 70.1 Å². The van der Waals surface area contributed by atoms with Gasteiger partial charge in [0.15, 0.2) is 11.8 Å². The van der Waals surface area contributed by atoms with Crippen LogP contribution in [0.3, 0.4) is 0 Å². The van der Waals surface area contributed by atoms with E-state index in [1.807, 2.05) is 0 Å². The average molecular weight is 258 g/mol. The van der Waals surface area contributed by atoms with Crippen molar-refractivity contribution in [1.82, 2.24) is 0 Å². The minimum absolute atomic E-state index is 0.311. The molecule has 0 aromatic rings. The van der Waals surface area contributed by atoms with Crippen LogP contribution < -0.4 is 0 Å². The minimum Gasteiger partial charge on any atom is -0.597 e. The standard InChI is InChI=1S/C14H30N2O2/c1-14(2)12-10-8-6-4-3-5-7-9-11-13-16(18)15-17/h14,17H,3-13H2,1-2H3/b16-15-. The number of rotatable bonds is 12. The first kappa shape index (κ1) is 17.2. The first-order valence-electron chi connectivity index (χ1n) is 7.46. The topological polar surface area (TPSA) is 58.7 Å². The maximum atomic E-state index is 10.6. The van der Waals surface area contributed by atoms with Gasteiger partial charge in [0, 0.05) is 6.42 Å². The smallest absolute Gasteiger partial charge is 0.197 e. The first-order chi connectivity index (χ1) is 8.66. The van der Waals surface area contributed by atoms with E-state index >= 15 is 0 Å². The molecule has 0 aliphatic heterocycles. The van der Waals surface area contributed by atoms with Crippen molar-refractivity contribution in [1.29, 1.82) is 0 Å². The second kappa shape index (κ2) is 12.7. The molecule has 0 fully saturated rings. The van der Waals surface area contributed by atoms with Gasteiger partial charge in [0.1, 0.15) is 0 Å². The highest BCUT2D eigenvalue weighted by Gasteiger charge is 1.97. The molecule has 0 aromatic carbocycles. The van der Waals surface area contributed by atoms with Crippen molar-refractivity contribution in [3.05, 3.63) is 5.21 Å². The molecule has 0 aliphatic carbocycles. The van der Waals surface area contributed by atoms with Crippen molar-refractivity contribution >= 4 is 0 Å². The zero-order chi connectivity index (χ0) is 13.6. The van der Waals surface area contributed by atoms with Gasteiger partial charge in [0.2, 0.25) is 0 Å². The van der Waals surface area contributed by atoms with Gasteiger partial charge in [0.25, 0.3) is 0 Å². The summed E-state index contributed by atoms with van der Waals surface area (Å²) in [6.07, 6.45) is 12.5. The van der Waals surface area contributed by atoms with Gasteiger partial charge in [0.05, 0.1) is 0 Å². The van der Waals surface area contributed by atoms with E-state index < -0.39 is 0 Å². The van der Waals surface area contributed by atoms with Gasteiger partial charge < -0.3 is 10.4 Å². The van der Waals surface area contributed by atoms with Crippen LogP contribution in [0.15, 0.2) is 5.28 Å². The summed E-state index contributed by atoms with van der Waals surface area (Å²) in [5, 5.41) is 21.3. The molecule has 18 heavy (non-hydrogen) atoms. The molecule has 1 N–H and O–H groups in total. The molecule has 0 rings (SSSR count). The highest BCUT2D eigenvalue weighted by Crippen LogP contribution is 2.12. The van der Waals surface area contributed by atoms with E-state index in [1.165, 1.54) is 51.4 Å². The molecule has 0 spiro atoms. The Hall–Kier alpha value is -0.800. The lowest BCUT2D eigenvalue weighted by Crippen LogP contribution is -2.01. The summed E-state index contributed by atoms with van der Waals surface area (Å²) >= 11 is 0. The lowest BCUT2D eigenvalue weighted by molar-refractivity contribution is -0.556. The van der Waals surface area contributed by atoms with Crippen LogP contribution in [-0.4, -0.2) is 16.6 Å². The summed E-state index contributed by atoms with van der Waals surface area (Å²) in [7, 11) is 0. The van der Waals surface area contributed by atoms with E-state index in [-0.39, 0.29) is 0 Å². The molecule has 0 bridgehead atoms. The summed E-state index contributed by atoms with van der Waals surface area (Å²) in [6.45, 7) is 4.88. The largest absolute Gasteiger partial charge is 0.597 e. The highest BCUT2D eigenvalue weighted by molar-refractivity contribution is 4.49. The van der Waals surface area contributed by atoms with Gasteiger partial charge in [-0.05, 0) is 12.3 Å². The fourth-order valence-electron chi connectivity index (χ4n) is 2.08. The molecular formula is C14H30N2O2. The first-order valence-corrected chi connectivity index (χ1v) is 7.46. The summed E-state index contributed by atoms with van der Waals surface area (Å²) < 4.78 is 0. The Kier molecular flexibility index (Phi) is 12.1. The Labute approximate surface area is 112 Å². The molecule has 0 amide bonds. The van der Waals surface area contributed by atoms with Crippen LogP contribution in [-0.2, 0) is 0 Å². The molecule has 0 atom stereocenters. The zero-order valence-corrected chi connectivity index (χ0v) is 12.1. The maximum Gasteiger partial charge on any atom is 0.197 e. The maximum absolute atomic E-state index is 10.6. The van der Waals surface area contributed by atoms with Crippen LogP contribution in [0.5, 0.6) is 0 Å². The van der Waals surface area contributed by atoms with Crippen LogP contribution >= 0.6 is 0 Å². The zero-order valence-electron chi connectivity index (χ0n) is 12.1. The van der Waals surface area contributed by atoms with Gasteiger partial charge in [-0.15, -0.1) is 0 Å². The summed E-state index contributed by atoms with van der Waals surface area (Å²) in [6, 6.07) is 0. The third kappa shape index (κ3) is 13.3. The predicted octanol–water partition coefficient (Wildman–Crippen LogP) is 4.90. The van der Waals surface area contributed by atoms with E-state index in [1.54, 1.807) is 0 Å².